The van der Waals surface area contributed by atoms with Crippen LogP contribution in [0.3, 0.4) is 0 Å². The number of nitrogens with one attached hydrogen (secondary N) is 1. The van der Waals surface area contributed by atoms with Crippen LogP contribution in [-0.4, -0.2) is 42.3 Å². The first kappa shape index (κ1) is 18.3. The van der Waals surface area contributed by atoms with Gasteiger partial charge in [0.1, 0.15) is 5.60 Å². The summed E-state index contributed by atoms with van der Waals surface area (Å²) in [4.78, 5) is 14.0. The highest BCUT2D eigenvalue weighted by Crippen LogP contribution is 2.26. The summed E-state index contributed by atoms with van der Waals surface area (Å²) >= 11 is 0. The Bertz CT molecular complexity index is 325. The summed E-state index contributed by atoms with van der Waals surface area (Å²) in [5, 5.41) is 3.69. The average Bonchev–Trinajstić information content (AvgIpc) is 2.86. The van der Waals surface area contributed by atoms with E-state index in [1.54, 1.807) is 0 Å². The molecule has 0 saturated carbocycles. The Balaban J connectivity index is 2.59. The van der Waals surface area contributed by atoms with Gasteiger partial charge in [-0.2, -0.15) is 0 Å². The summed E-state index contributed by atoms with van der Waals surface area (Å²) in [7, 11) is 0. The molecule has 21 heavy (non-hydrogen) atoms. The molecule has 4 nitrogen and oxygen atoms in total. The molecule has 1 amide bonds. The third-order valence-corrected chi connectivity index (χ3v) is 4.27. The molecular formula is C17H34N2O2. The minimum absolute atomic E-state index is 0.164. The van der Waals surface area contributed by atoms with E-state index < -0.39 is 5.60 Å². The molecule has 0 aromatic heterocycles. The number of carbonyl (C=O) groups excluding carboxylic acids is 1. The normalized spacial score (nSPS) is 22.2. The van der Waals surface area contributed by atoms with Crippen molar-refractivity contribution >= 4 is 6.09 Å². The summed E-state index contributed by atoms with van der Waals surface area (Å²) in [6, 6.07) is 0.502. The first-order valence-electron chi connectivity index (χ1n) is 8.49. The van der Waals surface area contributed by atoms with Gasteiger partial charge in [-0.15, -0.1) is 0 Å². The lowest BCUT2D eigenvalue weighted by Crippen LogP contribution is -2.43. The van der Waals surface area contributed by atoms with Crippen molar-refractivity contribution in [2.24, 2.45) is 11.8 Å². The summed E-state index contributed by atoms with van der Waals surface area (Å²) < 4.78 is 5.48. The maximum atomic E-state index is 12.2. The first-order valence-corrected chi connectivity index (χ1v) is 8.49. The van der Waals surface area contributed by atoms with Crippen LogP contribution < -0.4 is 5.32 Å². The molecule has 4 heteroatoms. The first-order chi connectivity index (χ1) is 9.78. The fraction of sp³-hybridized carbons (Fsp3) is 0.941. The molecular weight excluding hydrogens is 264 g/mol. The Labute approximate surface area is 130 Å². The molecule has 1 aliphatic heterocycles. The second kappa shape index (κ2) is 8.02. The molecule has 3 unspecified atom stereocenters. The van der Waals surface area contributed by atoms with Gasteiger partial charge < -0.3 is 15.0 Å². The number of likely N-dealkylation sites (tertiary alicyclic amines) is 1. The molecule has 0 spiro atoms. The highest BCUT2D eigenvalue weighted by atomic mass is 16.6. The van der Waals surface area contributed by atoms with Gasteiger partial charge in [0.15, 0.2) is 0 Å². The lowest BCUT2D eigenvalue weighted by molar-refractivity contribution is 0.0283. The van der Waals surface area contributed by atoms with E-state index in [4.69, 9.17) is 4.74 Å². The molecule has 0 aliphatic carbocycles. The zero-order chi connectivity index (χ0) is 16.0. The van der Waals surface area contributed by atoms with Gasteiger partial charge in [0.2, 0.25) is 0 Å². The topological polar surface area (TPSA) is 41.6 Å². The molecule has 0 bridgehead atoms. The highest BCUT2D eigenvalue weighted by molar-refractivity contribution is 5.68. The monoisotopic (exact) mass is 298 g/mol. The van der Waals surface area contributed by atoms with Gasteiger partial charge in [-0.05, 0) is 52.0 Å². The number of ether oxygens (including phenoxy) is 1. The Morgan fingerprint density at radius 3 is 2.57 bits per heavy atom. The van der Waals surface area contributed by atoms with Crippen LogP contribution in [0.15, 0.2) is 0 Å². The highest BCUT2D eigenvalue weighted by Gasteiger charge is 2.35. The summed E-state index contributed by atoms with van der Waals surface area (Å²) in [5.74, 6) is 1.18. The third kappa shape index (κ3) is 5.85. The zero-order valence-corrected chi connectivity index (χ0v) is 14.7. The van der Waals surface area contributed by atoms with Gasteiger partial charge in [-0.3, -0.25) is 0 Å². The SMILES string of the molecule is CCCNC(C(C)CC)C1CCN(C(=O)OC(C)(C)C)C1. The number of hydrogen-bond donors (Lipinski definition) is 1. The van der Waals surface area contributed by atoms with E-state index in [2.05, 4.69) is 26.1 Å². The fourth-order valence-corrected chi connectivity index (χ4v) is 2.97. The van der Waals surface area contributed by atoms with Gasteiger partial charge >= 0.3 is 6.09 Å². The number of amides is 1. The van der Waals surface area contributed by atoms with Gasteiger partial charge in [0, 0.05) is 19.1 Å². The van der Waals surface area contributed by atoms with E-state index in [1.807, 2.05) is 25.7 Å². The van der Waals surface area contributed by atoms with Crippen molar-refractivity contribution in [1.29, 1.82) is 0 Å². The summed E-state index contributed by atoms with van der Waals surface area (Å²) in [6.45, 7) is 15.2. The summed E-state index contributed by atoms with van der Waals surface area (Å²) in [6.07, 6.45) is 3.23. The van der Waals surface area contributed by atoms with Gasteiger partial charge in [-0.1, -0.05) is 27.2 Å². The minimum Gasteiger partial charge on any atom is -0.444 e. The predicted octanol–water partition coefficient (Wildman–Crippen LogP) is 3.66. The van der Waals surface area contributed by atoms with Gasteiger partial charge in [-0.25, -0.2) is 4.79 Å². The third-order valence-electron chi connectivity index (χ3n) is 4.27. The van der Waals surface area contributed by atoms with Gasteiger partial charge in [0.05, 0.1) is 0 Å². The second-order valence-corrected chi connectivity index (χ2v) is 7.34. The molecule has 1 fully saturated rings. The van der Waals surface area contributed by atoms with Crippen molar-refractivity contribution in [2.45, 2.75) is 72.4 Å². The average molecular weight is 298 g/mol. The minimum atomic E-state index is -0.411. The molecule has 1 N–H and O–H groups in total. The lowest BCUT2D eigenvalue weighted by atomic mass is 9.87. The maximum Gasteiger partial charge on any atom is 0.410 e. The molecule has 1 aliphatic rings. The van der Waals surface area contributed by atoms with Crippen LogP contribution in [-0.2, 0) is 4.74 Å². The molecule has 0 aromatic rings. The number of rotatable bonds is 6. The Kier molecular flexibility index (Phi) is 6.98. The Morgan fingerprint density at radius 1 is 1.38 bits per heavy atom. The van der Waals surface area contributed by atoms with Crippen LogP contribution in [0.2, 0.25) is 0 Å². The number of carbonyl (C=O) groups is 1. The van der Waals surface area contributed by atoms with E-state index >= 15 is 0 Å². The van der Waals surface area contributed by atoms with Crippen LogP contribution >= 0.6 is 0 Å². The second-order valence-electron chi connectivity index (χ2n) is 7.34. The smallest absolute Gasteiger partial charge is 0.410 e. The zero-order valence-electron chi connectivity index (χ0n) is 14.7. The molecule has 1 rings (SSSR count). The standard InChI is InChI=1S/C17H34N2O2/c1-7-10-18-15(13(3)8-2)14-9-11-19(12-14)16(20)21-17(4,5)6/h13-15,18H,7-12H2,1-6H3. The van der Waals surface area contributed by atoms with E-state index in [9.17, 15) is 4.79 Å². The van der Waals surface area contributed by atoms with Crippen LogP contribution in [0.5, 0.6) is 0 Å². The Hall–Kier alpha value is -0.770. The van der Waals surface area contributed by atoms with Crippen molar-refractivity contribution < 1.29 is 9.53 Å². The van der Waals surface area contributed by atoms with Crippen molar-refractivity contribution in [3.8, 4) is 0 Å². The number of hydrogen-bond acceptors (Lipinski definition) is 3. The number of nitrogens with zero attached hydrogens (tertiary/aromatic N) is 1. The Morgan fingerprint density at radius 2 is 2.05 bits per heavy atom. The van der Waals surface area contributed by atoms with E-state index in [0.717, 1.165) is 32.5 Å². The van der Waals surface area contributed by atoms with E-state index in [-0.39, 0.29) is 6.09 Å². The largest absolute Gasteiger partial charge is 0.444 e. The maximum absolute atomic E-state index is 12.2. The van der Waals surface area contributed by atoms with Crippen LogP contribution in [0, 0.1) is 11.8 Å². The van der Waals surface area contributed by atoms with Gasteiger partial charge in [0.25, 0.3) is 0 Å². The lowest BCUT2D eigenvalue weighted by Gasteiger charge is -2.30. The van der Waals surface area contributed by atoms with Crippen LogP contribution in [0.25, 0.3) is 0 Å². The van der Waals surface area contributed by atoms with Crippen molar-refractivity contribution in [2.75, 3.05) is 19.6 Å². The quantitative estimate of drug-likeness (QED) is 0.813. The van der Waals surface area contributed by atoms with E-state index in [1.165, 1.54) is 6.42 Å². The molecule has 1 saturated heterocycles. The summed E-state index contributed by atoms with van der Waals surface area (Å²) in [5.41, 5.74) is -0.411. The van der Waals surface area contributed by atoms with Crippen LogP contribution in [0.1, 0.15) is 60.8 Å². The van der Waals surface area contributed by atoms with E-state index in [0.29, 0.717) is 17.9 Å². The van der Waals surface area contributed by atoms with Crippen LogP contribution in [0.4, 0.5) is 4.79 Å². The molecule has 1 heterocycles. The molecule has 0 aromatic carbocycles. The van der Waals surface area contributed by atoms with Crippen molar-refractivity contribution in [1.82, 2.24) is 10.2 Å². The predicted molar refractivity (Wildman–Crippen MR) is 87.5 cm³/mol. The fourth-order valence-electron chi connectivity index (χ4n) is 2.97. The molecule has 3 atom stereocenters. The molecule has 0 radical (unpaired) electrons. The van der Waals surface area contributed by atoms with Crippen molar-refractivity contribution in [3.05, 3.63) is 0 Å². The molecule has 124 valence electrons. The van der Waals surface area contributed by atoms with Crippen molar-refractivity contribution in [3.63, 3.8) is 0 Å².